The summed E-state index contributed by atoms with van der Waals surface area (Å²) < 4.78 is 16.0. The van der Waals surface area contributed by atoms with Crippen LogP contribution in [0.15, 0.2) is 72.8 Å². The molecule has 0 aliphatic rings. The second kappa shape index (κ2) is 13.9. The van der Waals surface area contributed by atoms with E-state index in [1.165, 1.54) is 0 Å². The van der Waals surface area contributed by atoms with Gasteiger partial charge in [-0.25, -0.2) is 0 Å². The molecule has 0 spiro atoms. The molecular formula is C30H36N2O5. The number of hydrogen-bond acceptors (Lipinski definition) is 5. The van der Waals surface area contributed by atoms with E-state index < -0.39 is 6.04 Å². The van der Waals surface area contributed by atoms with Crippen LogP contribution in [0.1, 0.15) is 42.5 Å². The fourth-order valence-corrected chi connectivity index (χ4v) is 4.18. The van der Waals surface area contributed by atoms with Crippen molar-refractivity contribution in [1.82, 2.24) is 10.2 Å². The first-order valence-electron chi connectivity index (χ1n) is 12.5. The molecule has 0 aliphatic carbocycles. The van der Waals surface area contributed by atoms with E-state index in [2.05, 4.69) is 5.32 Å². The molecule has 1 N–H and O–H groups in total. The van der Waals surface area contributed by atoms with Crippen LogP contribution in [-0.2, 0) is 22.6 Å². The number of amides is 2. The van der Waals surface area contributed by atoms with Gasteiger partial charge in [-0.3, -0.25) is 9.59 Å². The van der Waals surface area contributed by atoms with E-state index in [0.29, 0.717) is 43.9 Å². The van der Waals surface area contributed by atoms with Crippen molar-refractivity contribution in [1.29, 1.82) is 0 Å². The van der Waals surface area contributed by atoms with Gasteiger partial charge in [0.25, 0.3) is 0 Å². The van der Waals surface area contributed by atoms with E-state index in [1.807, 2.05) is 79.7 Å². The van der Waals surface area contributed by atoms with Crippen LogP contribution < -0.4 is 19.5 Å². The molecular weight excluding hydrogens is 468 g/mol. The molecule has 0 heterocycles. The minimum atomic E-state index is -0.757. The SMILES string of the molecule is CCCC(=O)N(Cc1ccc(OC)cc1)[C@H](C(=O)NCCc1ccc(OC)c(OC)c1)c1ccccc1. The highest BCUT2D eigenvalue weighted by molar-refractivity contribution is 5.88. The van der Waals surface area contributed by atoms with E-state index in [-0.39, 0.29) is 11.8 Å². The van der Waals surface area contributed by atoms with Crippen molar-refractivity contribution in [2.45, 2.75) is 38.8 Å². The van der Waals surface area contributed by atoms with Crippen molar-refractivity contribution in [3.05, 3.63) is 89.5 Å². The van der Waals surface area contributed by atoms with Crippen LogP contribution in [0.5, 0.6) is 17.2 Å². The first-order valence-corrected chi connectivity index (χ1v) is 12.5. The minimum Gasteiger partial charge on any atom is -0.497 e. The number of carbonyl (C=O) groups excluding carboxylic acids is 2. The summed E-state index contributed by atoms with van der Waals surface area (Å²) in [5.74, 6) is 1.75. The molecule has 0 aromatic heterocycles. The van der Waals surface area contributed by atoms with Crippen molar-refractivity contribution in [3.63, 3.8) is 0 Å². The van der Waals surface area contributed by atoms with Gasteiger partial charge in [0.15, 0.2) is 11.5 Å². The highest BCUT2D eigenvalue weighted by atomic mass is 16.5. The van der Waals surface area contributed by atoms with E-state index in [9.17, 15) is 9.59 Å². The third kappa shape index (κ3) is 7.49. The molecule has 0 saturated carbocycles. The van der Waals surface area contributed by atoms with Gasteiger partial charge in [0.2, 0.25) is 11.8 Å². The summed E-state index contributed by atoms with van der Waals surface area (Å²) in [5.41, 5.74) is 2.69. The fourth-order valence-electron chi connectivity index (χ4n) is 4.18. The lowest BCUT2D eigenvalue weighted by atomic mass is 10.0. The number of ether oxygens (including phenoxy) is 3. The molecule has 7 heteroatoms. The van der Waals surface area contributed by atoms with Crippen molar-refractivity contribution in [2.75, 3.05) is 27.9 Å². The Bertz CT molecular complexity index is 1150. The quantitative estimate of drug-likeness (QED) is 0.357. The maximum atomic E-state index is 13.6. The lowest BCUT2D eigenvalue weighted by Crippen LogP contribution is -2.43. The molecule has 196 valence electrons. The summed E-state index contributed by atoms with van der Waals surface area (Å²) in [6.45, 7) is 2.69. The number of carbonyl (C=O) groups is 2. The first-order chi connectivity index (χ1) is 18.0. The van der Waals surface area contributed by atoms with Crippen LogP contribution in [-0.4, -0.2) is 44.6 Å². The molecule has 3 aromatic carbocycles. The Morgan fingerprint density at radius 2 is 1.51 bits per heavy atom. The average molecular weight is 505 g/mol. The van der Waals surface area contributed by atoms with Crippen LogP contribution >= 0.6 is 0 Å². The summed E-state index contributed by atoms with van der Waals surface area (Å²) in [7, 11) is 4.81. The van der Waals surface area contributed by atoms with Gasteiger partial charge in [-0.2, -0.15) is 0 Å². The zero-order chi connectivity index (χ0) is 26.6. The zero-order valence-electron chi connectivity index (χ0n) is 22.0. The minimum absolute atomic E-state index is 0.0674. The lowest BCUT2D eigenvalue weighted by molar-refractivity contribution is -0.141. The molecule has 3 aromatic rings. The number of nitrogens with one attached hydrogen (secondary N) is 1. The number of hydrogen-bond donors (Lipinski definition) is 1. The summed E-state index contributed by atoms with van der Waals surface area (Å²) in [4.78, 5) is 28.6. The van der Waals surface area contributed by atoms with Gasteiger partial charge < -0.3 is 24.4 Å². The molecule has 0 aliphatic heterocycles. The van der Waals surface area contributed by atoms with Gasteiger partial charge >= 0.3 is 0 Å². The summed E-state index contributed by atoms with van der Waals surface area (Å²) in [6, 6.07) is 21.9. The van der Waals surface area contributed by atoms with Crippen molar-refractivity contribution < 1.29 is 23.8 Å². The standard InChI is InChI=1S/C30H36N2O5/c1-5-9-28(33)32(21-23-12-15-25(35-2)16-13-23)29(24-10-7-6-8-11-24)30(34)31-19-18-22-14-17-26(36-3)27(20-22)37-4/h6-8,10-17,20,29H,5,9,18-19,21H2,1-4H3,(H,31,34)/t29-/m0/s1. The number of rotatable bonds is 13. The van der Waals surface area contributed by atoms with Crippen LogP contribution in [0.25, 0.3) is 0 Å². The third-order valence-electron chi connectivity index (χ3n) is 6.13. The van der Waals surface area contributed by atoms with E-state index in [1.54, 1.807) is 26.2 Å². The summed E-state index contributed by atoms with van der Waals surface area (Å²) in [5, 5.41) is 3.05. The summed E-state index contributed by atoms with van der Waals surface area (Å²) >= 11 is 0. The fraction of sp³-hybridized carbons (Fsp3) is 0.333. The average Bonchev–Trinajstić information content (AvgIpc) is 2.93. The second-order valence-electron chi connectivity index (χ2n) is 8.66. The maximum absolute atomic E-state index is 13.6. The molecule has 0 bridgehead atoms. The van der Waals surface area contributed by atoms with Gasteiger partial charge in [-0.1, -0.05) is 55.5 Å². The highest BCUT2D eigenvalue weighted by Crippen LogP contribution is 2.28. The monoisotopic (exact) mass is 504 g/mol. The van der Waals surface area contributed by atoms with Crippen molar-refractivity contribution in [2.24, 2.45) is 0 Å². The van der Waals surface area contributed by atoms with Gasteiger partial charge in [0.1, 0.15) is 11.8 Å². The Morgan fingerprint density at radius 3 is 2.14 bits per heavy atom. The van der Waals surface area contributed by atoms with E-state index in [4.69, 9.17) is 14.2 Å². The van der Waals surface area contributed by atoms with Crippen LogP contribution in [0.3, 0.4) is 0 Å². The van der Waals surface area contributed by atoms with Crippen LogP contribution in [0.2, 0.25) is 0 Å². The Balaban J connectivity index is 1.82. The number of methoxy groups -OCH3 is 3. The van der Waals surface area contributed by atoms with Gasteiger partial charge in [-0.05, 0) is 53.8 Å². The van der Waals surface area contributed by atoms with E-state index >= 15 is 0 Å². The Labute approximate surface area is 219 Å². The predicted molar refractivity (Wildman–Crippen MR) is 144 cm³/mol. The molecule has 7 nitrogen and oxygen atoms in total. The molecule has 37 heavy (non-hydrogen) atoms. The maximum Gasteiger partial charge on any atom is 0.247 e. The lowest BCUT2D eigenvalue weighted by Gasteiger charge is -2.31. The number of nitrogens with zero attached hydrogens (tertiary/aromatic N) is 1. The zero-order valence-corrected chi connectivity index (χ0v) is 22.0. The Morgan fingerprint density at radius 1 is 0.838 bits per heavy atom. The van der Waals surface area contributed by atoms with Gasteiger partial charge in [0, 0.05) is 19.5 Å². The molecule has 0 saturated heterocycles. The largest absolute Gasteiger partial charge is 0.497 e. The smallest absolute Gasteiger partial charge is 0.247 e. The molecule has 0 radical (unpaired) electrons. The first kappa shape index (κ1) is 27.6. The molecule has 1 atom stereocenters. The van der Waals surface area contributed by atoms with Crippen LogP contribution in [0, 0.1) is 0 Å². The van der Waals surface area contributed by atoms with Crippen molar-refractivity contribution in [3.8, 4) is 17.2 Å². The molecule has 2 amide bonds. The third-order valence-corrected chi connectivity index (χ3v) is 6.13. The molecule has 3 rings (SSSR count). The van der Waals surface area contributed by atoms with Gasteiger partial charge in [-0.15, -0.1) is 0 Å². The molecule has 0 fully saturated rings. The normalized spacial score (nSPS) is 11.4. The highest BCUT2D eigenvalue weighted by Gasteiger charge is 2.31. The second-order valence-corrected chi connectivity index (χ2v) is 8.66. The van der Waals surface area contributed by atoms with Crippen molar-refractivity contribution >= 4 is 11.8 Å². The topological polar surface area (TPSA) is 77.1 Å². The Kier molecular flexibility index (Phi) is 10.4. The Hall–Kier alpha value is -4.00. The van der Waals surface area contributed by atoms with Gasteiger partial charge in [0.05, 0.1) is 21.3 Å². The molecule has 0 unspecified atom stereocenters. The summed E-state index contributed by atoms with van der Waals surface area (Å²) in [6.07, 6.45) is 1.66. The van der Waals surface area contributed by atoms with E-state index in [0.717, 1.165) is 22.4 Å². The predicted octanol–water partition coefficient (Wildman–Crippen LogP) is 4.94. The van der Waals surface area contributed by atoms with Crippen LogP contribution in [0.4, 0.5) is 0 Å². The number of benzene rings is 3.